The van der Waals surface area contributed by atoms with Crippen LogP contribution in [-0.2, 0) is 0 Å². The highest BCUT2D eigenvalue weighted by molar-refractivity contribution is 5.83. The molecule has 0 atom stereocenters. The fourth-order valence-corrected chi connectivity index (χ4v) is 2.82. The Kier molecular flexibility index (Phi) is 4.61. The Morgan fingerprint density at radius 2 is 1.52 bits per heavy atom. The van der Waals surface area contributed by atoms with Crippen LogP contribution in [-0.4, -0.2) is 28.4 Å². The largest absolute Gasteiger partial charge is 0.454 e. The Hall–Kier alpha value is -4.28. The summed E-state index contributed by atoms with van der Waals surface area (Å²) in [4.78, 5) is 22.7. The van der Waals surface area contributed by atoms with E-state index in [1.54, 1.807) is 0 Å². The molecule has 2 aromatic carbocycles. The van der Waals surface area contributed by atoms with Gasteiger partial charge in [0.05, 0.1) is 21.5 Å². The van der Waals surface area contributed by atoms with Crippen molar-refractivity contribution in [2.75, 3.05) is 13.6 Å². The van der Waals surface area contributed by atoms with Crippen LogP contribution in [0.15, 0.2) is 42.7 Å². The second-order valence-electron chi connectivity index (χ2n) is 5.89. The summed E-state index contributed by atoms with van der Waals surface area (Å²) in [7, 11) is 0. The minimum Gasteiger partial charge on any atom is -0.454 e. The maximum atomic E-state index is 10.8. The zero-order valence-corrected chi connectivity index (χ0v) is 14.7. The number of fused-ring (bicyclic) bond motifs is 3. The molecule has 148 valence electrons. The predicted molar refractivity (Wildman–Crippen MR) is 99.7 cm³/mol. The first-order valence-corrected chi connectivity index (χ1v) is 8.28. The SMILES string of the molecule is O=[N+]([O-])/C=C/c1cc2c(cc1[N+](=O)[O-])OCO2.c1cc2cc3c(cc2[nH]1)OCO3. The van der Waals surface area contributed by atoms with Crippen LogP contribution >= 0.6 is 0 Å². The maximum absolute atomic E-state index is 10.8. The molecule has 1 N–H and O–H groups in total. The van der Waals surface area contributed by atoms with Crippen LogP contribution in [0.1, 0.15) is 5.56 Å². The molecule has 0 fully saturated rings. The molecule has 0 saturated carbocycles. The summed E-state index contributed by atoms with van der Waals surface area (Å²) >= 11 is 0. The topological polar surface area (TPSA) is 139 Å². The van der Waals surface area contributed by atoms with Crippen molar-refractivity contribution in [1.29, 1.82) is 0 Å². The number of nitro groups is 2. The first-order valence-electron chi connectivity index (χ1n) is 8.28. The van der Waals surface area contributed by atoms with Gasteiger partial charge in [0.25, 0.3) is 5.69 Å². The van der Waals surface area contributed by atoms with Crippen LogP contribution < -0.4 is 18.9 Å². The summed E-state index contributed by atoms with van der Waals surface area (Å²) in [6.07, 6.45) is 3.57. The lowest BCUT2D eigenvalue weighted by Gasteiger charge is -1.99. The Bertz CT molecular complexity index is 1100. The van der Waals surface area contributed by atoms with Gasteiger partial charge in [-0.1, -0.05) is 0 Å². The highest BCUT2D eigenvalue weighted by atomic mass is 16.7. The monoisotopic (exact) mass is 399 g/mol. The Labute approximate surface area is 162 Å². The van der Waals surface area contributed by atoms with Crippen LogP contribution in [0.25, 0.3) is 17.0 Å². The molecule has 2 aliphatic rings. The van der Waals surface area contributed by atoms with E-state index < -0.39 is 9.85 Å². The first-order chi connectivity index (χ1) is 14.0. The lowest BCUT2D eigenvalue weighted by Crippen LogP contribution is -1.93. The van der Waals surface area contributed by atoms with Crippen LogP contribution in [0.4, 0.5) is 5.69 Å². The van der Waals surface area contributed by atoms with E-state index in [-0.39, 0.29) is 23.8 Å². The van der Waals surface area contributed by atoms with Gasteiger partial charge in [-0.25, -0.2) is 0 Å². The second-order valence-corrected chi connectivity index (χ2v) is 5.89. The van der Waals surface area contributed by atoms with E-state index in [9.17, 15) is 20.2 Å². The second kappa shape index (κ2) is 7.38. The Balaban J connectivity index is 0.000000149. The predicted octanol–water partition coefficient (Wildman–Crippen LogP) is 3.47. The summed E-state index contributed by atoms with van der Waals surface area (Å²) in [5, 5.41) is 22.1. The van der Waals surface area contributed by atoms with Crippen molar-refractivity contribution in [1.82, 2.24) is 4.98 Å². The maximum Gasteiger partial charge on any atom is 0.280 e. The van der Waals surface area contributed by atoms with Gasteiger partial charge in [-0.15, -0.1) is 0 Å². The summed E-state index contributed by atoms with van der Waals surface area (Å²) in [6.45, 7) is 0.316. The van der Waals surface area contributed by atoms with Gasteiger partial charge in [-0.3, -0.25) is 20.2 Å². The van der Waals surface area contributed by atoms with Crippen molar-refractivity contribution in [2.24, 2.45) is 0 Å². The molecule has 0 amide bonds. The molecule has 0 spiro atoms. The van der Waals surface area contributed by atoms with Crippen molar-refractivity contribution in [3.05, 3.63) is 68.5 Å². The number of nitrogens with one attached hydrogen (secondary N) is 1. The van der Waals surface area contributed by atoms with E-state index in [0.717, 1.165) is 28.5 Å². The van der Waals surface area contributed by atoms with Crippen LogP contribution in [0.2, 0.25) is 0 Å². The highest BCUT2D eigenvalue weighted by Crippen LogP contribution is 2.38. The molecule has 3 aromatic rings. The summed E-state index contributed by atoms with van der Waals surface area (Å²) in [6, 6.07) is 8.46. The molecule has 11 nitrogen and oxygen atoms in total. The summed E-state index contributed by atoms with van der Waals surface area (Å²) < 4.78 is 20.5. The molecule has 5 rings (SSSR count). The van der Waals surface area contributed by atoms with Gasteiger partial charge in [-0.2, -0.15) is 0 Å². The van der Waals surface area contributed by atoms with Gasteiger partial charge in [0.15, 0.2) is 23.0 Å². The number of rotatable bonds is 3. The lowest BCUT2D eigenvalue weighted by atomic mass is 10.1. The van der Waals surface area contributed by atoms with Gasteiger partial charge in [0.2, 0.25) is 19.8 Å². The minimum absolute atomic E-state index is 0.0190. The van der Waals surface area contributed by atoms with Gasteiger partial charge >= 0.3 is 0 Å². The molecule has 0 bridgehead atoms. The van der Waals surface area contributed by atoms with E-state index in [4.69, 9.17) is 18.9 Å². The normalized spacial score (nSPS) is 13.4. The molecule has 11 heteroatoms. The van der Waals surface area contributed by atoms with Crippen molar-refractivity contribution in [3.8, 4) is 23.0 Å². The molecule has 1 aromatic heterocycles. The van der Waals surface area contributed by atoms with Gasteiger partial charge in [0, 0.05) is 29.2 Å². The van der Waals surface area contributed by atoms with Crippen molar-refractivity contribution >= 4 is 22.7 Å². The fourth-order valence-electron chi connectivity index (χ4n) is 2.82. The zero-order valence-electron chi connectivity index (χ0n) is 14.7. The van der Waals surface area contributed by atoms with Crippen LogP contribution in [0.5, 0.6) is 23.0 Å². The molecule has 2 aliphatic heterocycles. The molecule has 29 heavy (non-hydrogen) atoms. The quantitative estimate of drug-likeness (QED) is 0.522. The van der Waals surface area contributed by atoms with Gasteiger partial charge in [-0.05, 0) is 18.2 Å². The number of ether oxygens (including phenoxy) is 4. The molecule has 3 heterocycles. The fraction of sp³-hybridized carbons (Fsp3) is 0.111. The van der Waals surface area contributed by atoms with E-state index >= 15 is 0 Å². The summed E-state index contributed by atoms with van der Waals surface area (Å²) in [5.74, 6) is 2.25. The van der Waals surface area contributed by atoms with Crippen molar-refractivity contribution in [2.45, 2.75) is 0 Å². The van der Waals surface area contributed by atoms with E-state index in [1.165, 1.54) is 12.1 Å². The van der Waals surface area contributed by atoms with E-state index in [2.05, 4.69) is 4.98 Å². The number of H-pyrrole nitrogens is 1. The standard InChI is InChI=1S/C9H6N2O6.C9H7NO2/c12-10(13)2-1-6-3-8-9(17-5-16-8)4-7(6)11(14)15;1-2-10-7-4-9-8(3-6(1)7)11-5-12-9/h1-4H,5H2;1-4,10H,5H2/b2-1+;. The molecule has 0 aliphatic carbocycles. The van der Waals surface area contributed by atoms with E-state index in [1.807, 2.05) is 24.4 Å². The third-order valence-corrected chi connectivity index (χ3v) is 4.14. The van der Waals surface area contributed by atoms with Gasteiger partial charge in [0.1, 0.15) is 0 Å². The molecular weight excluding hydrogens is 386 g/mol. The number of nitrogens with zero attached hydrogens (tertiary/aromatic N) is 2. The number of hydrogen-bond donors (Lipinski definition) is 1. The Morgan fingerprint density at radius 3 is 2.17 bits per heavy atom. The number of nitro benzene ring substituents is 1. The minimum atomic E-state index is -0.700. The number of aromatic nitrogens is 1. The van der Waals surface area contributed by atoms with Crippen molar-refractivity contribution in [3.63, 3.8) is 0 Å². The van der Waals surface area contributed by atoms with Gasteiger partial charge < -0.3 is 23.9 Å². The van der Waals surface area contributed by atoms with E-state index in [0.29, 0.717) is 18.7 Å². The Morgan fingerprint density at radius 1 is 0.897 bits per heavy atom. The smallest absolute Gasteiger partial charge is 0.280 e. The van der Waals surface area contributed by atoms with Crippen LogP contribution in [0, 0.1) is 20.2 Å². The zero-order chi connectivity index (χ0) is 20.4. The highest BCUT2D eigenvalue weighted by Gasteiger charge is 2.22. The van der Waals surface area contributed by atoms with Crippen molar-refractivity contribution < 1.29 is 28.8 Å². The molecule has 0 unspecified atom stereocenters. The number of benzene rings is 2. The summed E-state index contributed by atoms with van der Waals surface area (Å²) in [5.41, 5.74) is 0.905. The third-order valence-electron chi connectivity index (χ3n) is 4.14. The average Bonchev–Trinajstić information content (AvgIpc) is 3.43. The number of aromatic amines is 1. The number of hydrogen-bond acceptors (Lipinski definition) is 8. The molecular formula is C18H13N3O8. The first kappa shape index (κ1) is 18.1. The van der Waals surface area contributed by atoms with Crippen LogP contribution in [0.3, 0.4) is 0 Å². The third kappa shape index (κ3) is 3.74. The molecule has 0 radical (unpaired) electrons. The molecule has 0 saturated heterocycles. The lowest BCUT2D eigenvalue weighted by molar-refractivity contribution is -0.401. The average molecular weight is 399 g/mol.